The molecule has 0 N–H and O–H groups in total. The van der Waals surface area contributed by atoms with Crippen LogP contribution in [-0.2, 0) is 9.59 Å². The van der Waals surface area contributed by atoms with Gasteiger partial charge in [-0.15, -0.1) is 0 Å². The number of nitriles is 1. The maximum Gasteiger partial charge on any atom is 0.241 e. The van der Waals surface area contributed by atoms with Gasteiger partial charge in [0.25, 0.3) is 0 Å². The van der Waals surface area contributed by atoms with Crippen LogP contribution in [0.4, 0.5) is 10.1 Å². The van der Waals surface area contributed by atoms with Gasteiger partial charge in [-0.2, -0.15) is 5.26 Å². The molecule has 0 bridgehead atoms. The summed E-state index contributed by atoms with van der Waals surface area (Å²) in [5.41, 5.74) is 0.196. The molecule has 1 aromatic rings. The van der Waals surface area contributed by atoms with E-state index in [0.29, 0.717) is 26.2 Å². The molecule has 0 saturated carbocycles. The number of rotatable bonds is 6. The Morgan fingerprint density at radius 1 is 1.23 bits per heavy atom. The quantitative estimate of drug-likeness (QED) is 0.777. The molecule has 1 aliphatic heterocycles. The Labute approximate surface area is 153 Å². The summed E-state index contributed by atoms with van der Waals surface area (Å²) >= 11 is 0. The van der Waals surface area contributed by atoms with Crippen LogP contribution in [0.2, 0.25) is 0 Å². The summed E-state index contributed by atoms with van der Waals surface area (Å²) in [4.78, 5) is 29.9. The minimum Gasteiger partial charge on any atom is -0.340 e. The molecule has 2 rings (SSSR count). The lowest BCUT2D eigenvalue weighted by atomic mass is 10.1. The average molecular weight is 360 g/mol. The monoisotopic (exact) mass is 360 g/mol. The number of benzene rings is 1. The molecule has 7 heteroatoms. The highest BCUT2D eigenvalue weighted by atomic mass is 19.1. The van der Waals surface area contributed by atoms with Gasteiger partial charge in [-0.05, 0) is 12.1 Å². The normalized spacial score (nSPS) is 15.0. The van der Waals surface area contributed by atoms with E-state index in [1.54, 1.807) is 18.2 Å². The van der Waals surface area contributed by atoms with Crippen molar-refractivity contribution in [1.29, 1.82) is 5.26 Å². The van der Waals surface area contributed by atoms with Gasteiger partial charge in [0.15, 0.2) is 0 Å². The Hall–Kier alpha value is -2.46. The highest BCUT2D eigenvalue weighted by molar-refractivity contribution is 5.95. The van der Waals surface area contributed by atoms with Crippen molar-refractivity contribution in [3.63, 3.8) is 0 Å². The van der Waals surface area contributed by atoms with Gasteiger partial charge >= 0.3 is 0 Å². The van der Waals surface area contributed by atoms with Crippen LogP contribution in [0.3, 0.4) is 0 Å². The van der Waals surface area contributed by atoms with Crippen molar-refractivity contribution >= 4 is 17.5 Å². The molecule has 0 aliphatic carbocycles. The van der Waals surface area contributed by atoms with E-state index in [4.69, 9.17) is 5.26 Å². The summed E-state index contributed by atoms with van der Waals surface area (Å²) in [6, 6.07) is 8.08. The lowest BCUT2D eigenvalue weighted by Gasteiger charge is -2.36. The lowest BCUT2D eigenvalue weighted by Crippen LogP contribution is -2.52. The molecule has 0 spiro atoms. The van der Waals surface area contributed by atoms with E-state index in [1.807, 2.05) is 29.7 Å². The lowest BCUT2D eigenvalue weighted by molar-refractivity contribution is -0.136. The van der Waals surface area contributed by atoms with Gasteiger partial charge in [-0.25, -0.2) is 4.39 Å². The predicted octanol–water partition coefficient (Wildman–Crippen LogP) is 1.87. The number of amides is 2. The van der Waals surface area contributed by atoms with Crippen LogP contribution in [0.15, 0.2) is 24.3 Å². The fraction of sp³-hybridized carbons (Fsp3) is 0.526. The molecular weight excluding hydrogens is 335 g/mol. The number of hydrogen-bond acceptors (Lipinski definition) is 4. The van der Waals surface area contributed by atoms with E-state index in [1.165, 1.54) is 11.0 Å². The third-order valence-corrected chi connectivity index (χ3v) is 4.43. The van der Waals surface area contributed by atoms with Crippen LogP contribution in [-0.4, -0.2) is 60.9 Å². The summed E-state index contributed by atoms with van der Waals surface area (Å²) in [5.74, 6) is -0.635. The highest BCUT2D eigenvalue weighted by Gasteiger charge is 2.26. The largest absolute Gasteiger partial charge is 0.340 e. The molecule has 2 amide bonds. The van der Waals surface area contributed by atoms with Gasteiger partial charge in [0.1, 0.15) is 5.82 Å². The zero-order chi connectivity index (χ0) is 19.1. The fourth-order valence-corrected chi connectivity index (χ4v) is 2.98. The Bertz CT molecular complexity index is 678. The molecule has 1 heterocycles. The molecule has 1 aromatic carbocycles. The van der Waals surface area contributed by atoms with Gasteiger partial charge in [-0.1, -0.05) is 26.0 Å². The van der Waals surface area contributed by atoms with Crippen molar-refractivity contribution in [3.8, 4) is 6.07 Å². The van der Waals surface area contributed by atoms with Gasteiger partial charge < -0.3 is 9.80 Å². The van der Waals surface area contributed by atoms with Gasteiger partial charge in [0.2, 0.25) is 11.8 Å². The Balaban J connectivity index is 1.99. The van der Waals surface area contributed by atoms with E-state index < -0.39 is 5.82 Å². The molecule has 0 aromatic heterocycles. The smallest absolute Gasteiger partial charge is 0.241 e. The van der Waals surface area contributed by atoms with Crippen molar-refractivity contribution in [2.24, 2.45) is 5.92 Å². The third-order valence-electron chi connectivity index (χ3n) is 4.43. The second-order valence-electron chi connectivity index (χ2n) is 6.66. The number of carbonyl (C=O) groups excluding carboxylic acids is 2. The Kier molecular flexibility index (Phi) is 7.10. The molecule has 0 unspecified atom stereocenters. The topological polar surface area (TPSA) is 67.7 Å². The van der Waals surface area contributed by atoms with E-state index in [2.05, 4.69) is 0 Å². The zero-order valence-electron chi connectivity index (χ0n) is 15.3. The van der Waals surface area contributed by atoms with Crippen molar-refractivity contribution in [1.82, 2.24) is 9.80 Å². The van der Waals surface area contributed by atoms with Crippen molar-refractivity contribution in [3.05, 3.63) is 30.1 Å². The number of piperazine rings is 1. The van der Waals surface area contributed by atoms with Gasteiger partial charge in [-0.3, -0.25) is 14.5 Å². The highest BCUT2D eigenvalue weighted by Crippen LogP contribution is 2.19. The second kappa shape index (κ2) is 9.30. The molecule has 140 valence electrons. The number of nitrogens with zero attached hydrogens (tertiary/aromatic N) is 4. The predicted molar refractivity (Wildman–Crippen MR) is 96.8 cm³/mol. The van der Waals surface area contributed by atoms with Crippen LogP contribution in [0.1, 0.15) is 20.3 Å². The first-order chi connectivity index (χ1) is 12.4. The van der Waals surface area contributed by atoms with E-state index >= 15 is 0 Å². The first kappa shape index (κ1) is 19.9. The fourth-order valence-electron chi connectivity index (χ4n) is 2.98. The first-order valence-corrected chi connectivity index (χ1v) is 8.87. The van der Waals surface area contributed by atoms with Crippen LogP contribution < -0.4 is 4.90 Å². The van der Waals surface area contributed by atoms with Crippen LogP contribution >= 0.6 is 0 Å². The van der Waals surface area contributed by atoms with Crippen LogP contribution in [0.5, 0.6) is 0 Å². The van der Waals surface area contributed by atoms with Crippen molar-refractivity contribution in [2.75, 3.05) is 44.2 Å². The number of anilines is 1. The minimum atomic E-state index is -0.480. The van der Waals surface area contributed by atoms with Crippen molar-refractivity contribution < 1.29 is 14.0 Å². The summed E-state index contributed by atoms with van der Waals surface area (Å²) in [6.45, 7) is 6.43. The van der Waals surface area contributed by atoms with E-state index in [9.17, 15) is 14.0 Å². The standard InChI is InChI=1S/C19H25FN4O2/c1-15(2)19(26)23-12-10-22(11-13-23)14-18(25)24(9-5-8-21)17-7-4-3-6-16(17)20/h3-4,6-7,15H,5,9-14H2,1-2H3. The summed E-state index contributed by atoms with van der Waals surface area (Å²) < 4.78 is 14.1. The molecule has 1 saturated heterocycles. The Morgan fingerprint density at radius 2 is 1.88 bits per heavy atom. The number of halogens is 1. The van der Waals surface area contributed by atoms with Crippen molar-refractivity contribution in [2.45, 2.75) is 20.3 Å². The molecule has 1 aliphatic rings. The molecule has 6 nitrogen and oxygen atoms in total. The summed E-state index contributed by atoms with van der Waals surface area (Å²) in [7, 11) is 0. The maximum atomic E-state index is 14.1. The number of hydrogen-bond donors (Lipinski definition) is 0. The van der Waals surface area contributed by atoms with Gasteiger partial charge in [0.05, 0.1) is 24.7 Å². The van der Waals surface area contributed by atoms with Gasteiger partial charge in [0, 0.05) is 38.6 Å². The molecule has 1 fully saturated rings. The van der Waals surface area contributed by atoms with Crippen LogP contribution in [0, 0.1) is 23.1 Å². The number of para-hydroxylation sites is 1. The first-order valence-electron chi connectivity index (χ1n) is 8.87. The number of carbonyl (C=O) groups is 2. The molecule has 0 radical (unpaired) electrons. The third kappa shape index (κ3) is 5.02. The summed E-state index contributed by atoms with van der Waals surface area (Å²) in [6.07, 6.45) is 0.136. The Morgan fingerprint density at radius 3 is 2.46 bits per heavy atom. The van der Waals surface area contributed by atoms with E-state index in [-0.39, 0.29) is 42.9 Å². The summed E-state index contributed by atoms with van der Waals surface area (Å²) in [5, 5.41) is 8.83. The molecule has 0 atom stereocenters. The SMILES string of the molecule is CC(C)C(=O)N1CCN(CC(=O)N(CCC#N)c2ccccc2F)CC1. The molecule has 26 heavy (non-hydrogen) atoms. The second-order valence-corrected chi connectivity index (χ2v) is 6.66. The molecular formula is C19H25FN4O2. The van der Waals surface area contributed by atoms with Crippen LogP contribution in [0.25, 0.3) is 0 Å². The zero-order valence-corrected chi connectivity index (χ0v) is 15.3. The average Bonchev–Trinajstić information content (AvgIpc) is 2.63. The van der Waals surface area contributed by atoms with E-state index in [0.717, 1.165) is 0 Å². The maximum absolute atomic E-state index is 14.1. The minimum absolute atomic E-state index is 0.0364.